The smallest absolute Gasteiger partial charge is 0.353 e. The molecule has 4 heterocycles. The summed E-state index contributed by atoms with van der Waals surface area (Å²) in [4.78, 5) is 26.4. The molecule has 0 aliphatic carbocycles. The molecule has 3 fully saturated rings. The molecule has 28 heavy (non-hydrogen) atoms. The van der Waals surface area contributed by atoms with E-state index in [1.54, 1.807) is 6.92 Å². The molecule has 4 aliphatic rings. The number of nitrogens with one attached hydrogen (secondary N) is 2. The third-order valence-electron chi connectivity index (χ3n) is 6.72. The monoisotopic (exact) mass is 411 g/mol. The second-order valence-electron chi connectivity index (χ2n) is 8.51. The molecular weight excluding hydrogens is 382 g/mol. The summed E-state index contributed by atoms with van der Waals surface area (Å²) < 4.78 is 0. The molecular formula is C19H29N3O5S. The van der Waals surface area contributed by atoms with Crippen molar-refractivity contribution in [3.63, 3.8) is 0 Å². The van der Waals surface area contributed by atoms with Gasteiger partial charge in [0.05, 0.1) is 24.2 Å². The van der Waals surface area contributed by atoms with Crippen molar-refractivity contribution in [2.45, 2.75) is 56.2 Å². The lowest BCUT2D eigenvalue weighted by atomic mass is 9.79. The number of β-lactam (4-membered cyclic amide) rings is 1. The van der Waals surface area contributed by atoms with Crippen LogP contribution in [0.1, 0.15) is 26.7 Å². The van der Waals surface area contributed by atoms with Crippen LogP contribution in [0.3, 0.4) is 0 Å². The fourth-order valence-electron chi connectivity index (χ4n) is 5.24. The molecule has 8 atom stereocenters. The molecule has 4 rings (SSSR count). The van der Waals surface area contributed by atoms with Gasteiger partial charge in [0.25, 0.3) is 0 Å². The van der Waals surface area contributed by atoms with E-state index in [1.807, 2.05) is 6.92 Å². The molecule has 0 aromatic rings. The molecule has 9 heteroatoms. The van der Waals surface area contributed by atoms with Gasteiger partial charge < -0.3 is 30.9 Å². The number of carbonyl (C=O) groups is 2. The molecule has 5 N–H and O–H groups in total. The summed E-state index contributed by atoms with van der Waals surface area (Å²) >= 11 is 1.52. The van der Waals surface area contributed by atoms with Crippen LogP contribution < -0.4 is 10.6 Å². The number of nitrogens with zero attached hydrogens (tertiary/aromatic N) is 1. The van der Waals surface area contributed by atoms with Gasteiger partial charge in [-0.05, 0) is 26.3 Å². The van der Waals surface area contributed by atoms with Crippen molar-refractivity contribution >= 4 is 23.6 Å². The first-order valence-corrected chi connectivity index (χ1v) is 11.0. The molecule has 0 aromatic carbocycles. The van der Waals surface area contributed by atoms with E-state index in [9.17, 15) is 24.9 Å². The fourth-order valence-corrected chi connectivity index (χ4v) is 6.73. The second kappa shape index (κ2) is 7.60. The zero-order valence-corrected chi connectivity index (χ0v) is 17.0. The number of fused-ring (bicyclic) bond motifs is 1. The van der Waals surface area contributed by atoms with Gasteiger partial charge >= 0.3 is 5.97 Å². The minimum absolute atomic E-state index is 0.0110. The summed E-state index contributed by atoms with van der Waals surface area (Å²) in [7, 11) is 0. The Labute approximate surface area is 168 Å². The van der Waals surface area contributed by atoms with Crippen molar-refractivity contribution < 1.29 is 24.9 Å². The highest BCUT2D eigenvalue weighted by atomic mass is 32.2. The number of carboxylic acids is 1. The molecule has 4 aliphatic heterocycles. The number of carbonyl (C=O) groups excluding carboxylic acids is 1. The quantitative estimate of drug-likeness (QED) is 0.374. The van der Waals surface area contributed by atoms with Crippen LogP contribution in [0.4, 0.5) is 0 Å². The van der Waals surface area contributed by atoms with E-state index < -0.39 is 24.1 Å². The van der Waals surface area contributed by atoms with Crippen molar-refractivity contribution in [3.8, 4) is 0 Å². The highest BCUT2D eigenvalue weighted by molar-refractivity contribution is 8.03. The molecule has 0 spiro atoms. The van der Waals surface area contributed by atoms with Crippen molar-refractivity contribution in [2.75, 3.05) is 19.6 Å². The van der Waals surface area contributed by atoms with Crippen LogP contribution >= 0.6 is 11.8 Å². The molecule has 8 nitrogen and oxygen atoms in total. The Morgan fingerprint density at radius 2 is 2.07 bits per heavy atom. The van der Waals surface area contributed by atoms with Gasteiger partial charge in [-0.1, -0.05) is 6.92 Å². The lowest BCUT2D eigenvalue weighted by Crippen LogP contribution is -2.63. The Morgan fingerprint density at radius 3 is 2.68 bits per heavy atom. The highest BCUT2D eigenvalue weighted by Gasteiger charge is 2.60. The Balaban J connectivity index is 1.47. The molecule has 3 saturated heterocycles. The topological polar surface area (TPSA) is 122 Å². The average Bonchev–Trinajstić information content (AvgIpc) is 3.35. The normalized spacial score (nSPS) is 39.9. The number of aliphatic carboxylic acids is 1. The predicted molar refractivity (Wildman–Crippen MR) is 104 cm³/mol. The summed E-state index contributed by atoms with van der Waals surface area (Å²) in [6.45, 7) is 6.00. The van der Waals surface area contributed by atoms with Crippen molar-refractivity contribution in [1.29, 1.82) is 0 Å². The van der Waals surface area contributed by atoms with E-state index in [1.165, 1.54) is 16.7 Å². The van der Waals surface area contributed by atoms with Crippen LogP contribution in [0.15, 0.2) is 10.6 Å². The van der Waals surface area contributed by atoms with Crippen LogP contribution in [0.5, 0.6) is 0 Å². The minimum Gasteiger partial charge on any atom is -0.477 e. The zero-order chi connectivity index (χ0) is 20.2. The van der Waals surface area contributed by atoms with E-state index in [0.29, 0.717) is 6.54 Å². The van der Waals surface area contributed by atoms with Crippen LogP contribution in [-0.2, 0) is 9.59 Å². The summed E-state index contributed by atoms with van der Waals surface area (Å²) in [6.07, 6.45) is 0.547. The van der Waals surface area contributed by atoms with Crippen LogP contribution in [0.2, 0.25) is 0 Å². The first-order chi connectivity index (χ1) is 13.3. The maximum atomic E-state index is 12.4. The van der Waals surface area contributed by atoms with E-state index in [4.69, 9.17) is 0 Å². The standard InChI is InChI=1S/C19H29N3O5S/c1-8-14-13(9(2)23)18(25)22(14)15(19(26)27)17(8)28-11-5-12(21-7-11)16(24)10-3-4-20-6-10/h8-14,16,20-21,23-24H,3-7H2,1-2H3,(H,26,27)/t8-,9?,10-,11?,12+,13?,14?,16?/m1/s1. The van der Waals surface area contributed by atoms with E-state index in [-0.39, 0.29) is 40.8 Å². The largest absolute Gasteiger partial charge is 0.477 e. The summed E-state index contributed by atoms with van der Waals surface area (Å²) in [5, 5.41) is 37.2. The molecule has 0 radical (unpaired) electrons. The van der Waals surface area contributed by atoms with E-state index in [2.05, 4.69) is 10.6 Å². The number of aliphatic hydroxyl groups is 2. The number of thioether (sulfide) groups is 1. The van der Waals surface area contributed by atoms with Gasteiger partial charge in [-0.2, -0.15) is 0 Å². The van der Waals surface area contributed by atoms with Crippen LogP contribution in [0, 0.1) is 17.8 Å². The Hall–Kier alpha value is -1.13. The van der Waals surface area contributed by atoms with E-state index in [0.717, 1.165) is 30.8 Å². The number of carboxylic acid groups (broad SMARTS) is 1. The predicted octanol–water partition coefficient (Wildman–Crippen LogP) is -0.426. The molecule has 5 unspecified atom stereocenters. The summed E-state index contributed by atoms with van der Waals surface area (Å²) in [6, 6.07) is -0.265. The molecule has 1 amide bonds. The number of rotatable bonds is 6. The van der Waals surface area contributed by atoms with Gasteiger partial charge in [-0.25, -0.2) is 4.79 Å². The lowest BCUT2D eigenvalue weighted by molar-refractivity contribution is -0.163. The van der Waals surface area contributed by atoms with Crippen LogP contribution in [0.25, 0.3) is 0 Å². The van der Waals surface area contributed by atoms with Crippen LogP contribution in [-0.4, -0.2) is 81.3 Å². The van der Waals surface area contributed by atoms with Gasteiger partial charge in [-0.15, -0.1) is 11.8 Å². The average molecular weight is 412 g/mol. The minimum atomic E-state index is -1.09. The third kappa shape index (κ3) is 3.17. The van der Waals surface area contributed by atoms with Gasteiger partial charge in [0.15, 0.2) is 0 Å². The maximum absolute atomic E-state index is 12.4. The summed E-state index contributed by atoms with van der Waals surface area (Å²) in [5.41, 5.74) is 0.0772. The van der Waals surface area contributed by atoms with Gasteiger partial charge in [0.2, 0.25) is 5.91 Å². The molecule has 156 valence electrons. The lowest BCUT2D eigenvalue weighted by Gasteiger charge is -2.46. The van der Waals surface area contributed by atoms with Gasteiger partial charge in [0.1, 0.15) is 5.70 Å². The second-order valence-corrected chi connectivity index (χ2v) is 9.85. The van der Waals surface area contributed by atoms with Crippen molar-refractivity contribution in [3.05, 3.63) is 10.6 Å². The third-order valence-corrected chi connectivity index (χ3v) is 8.23. The number of aliphatic hydroxyl groups excluding tert-OH is 2. The molecule has 0 aromatic heterocycles. The zero-order valence-electron chi connectivity index (χ0n) is 16.2. The van der Waals surface area contributed by atoms with Crippen molar-refractivity contribution in [1.82, 2.24) is 15.5 Å². The summed E-state index contributed by atoms with van der Waals surface area (Å²) in [5.74, 6) is -1.78. The number of hydrogen-bond acceptors (Lipinski definition) is 7. The first kappa shape index (κ1) is 20.2. The van der Waals surface area contributed by atoms with Gasteiger partial charge in [0, 0.05) is 41.1 Å². The van der Waals surface area contributed by atoms with Gasteiger partial charge in [-0.3, -0.25) is 4.79 Å². The van der Waals surface area contributed by atoms with E-state index >= 15 is 0 Å². The maximum Gasteiger partial charge on any atom is 0.353 e. The highest BCUT2D eigenvalue weighted by Crippen LogP contribution is 2.51. The Bertz CT molecular complexity index is 693. The fraction of sp³-hybridized carbons (Fsp3) is 0.789. The Morgan fingerprint density at radius 1 is 1.32 bits per heavy atom. The number of hydrogen-bond donors (Lipinski definition) is 5. The Kier molecular flexibility index (Phi) is 5.47. The molecule has 0 saturated carbocycles. The SMILES string of the molecule is CC(O)C1C(=O)N2C(C(=O)O)=C(SC3CN[C@H](C(O)[C@@H]4CCNC4)C3)[C@H](C)C12. The number of amides is 1. The molecule has 0 bridgehead atoms. The first-order valence-electron chi connectivity index (χ1n) is 10.1. The van der Waals surface area contributed by atoms with Crippen molar-refractivity contribution in [2.24, 2.45) is 17.8 Å².